The van der Waals surface area contributed by atoms with Crippen LogP contribution in [-0.2, 0) is 12.1 Å². The molecule has 0 spiro atoms. The number of halogens is 5. The van der Waals surface area contributed by atoms with E-state index in [9.17, 15) is 37.1 Å². The lowest BCUT2D eigenvalue weighted by Gasteiger charge is -2.50. The molecule has 14 heteroatoms. The number of anilines is 1. The summed E-state index contributed by atoms with van der Waals surface area (Å²) in [7, 11) is 0. The number of aryl methyl sites for hydroxylation is 1. The summed E-state index contributed by atoms with van der Waals surface area (Å²) in [5, 5.41) is 32.0. The van der Waals surface area contributed by atoms with Crippen LogP contribution in [0.25, 0.3) is 11.1 Å². The van der Waals surface area contributed by atoms with E-state index in [1.807, 2.05) is 0 Å². The highest BCUT2D eigenvalue weighted by molar-refractivity contribution is 5.95. The van der Waals surface area contributed by atoms with Crippen LogP contribution in [0.5, 0.6) is 0 Å². The summed E-state index contributed by atoms with van der Waals surface area (Å²) >= 11 is 0. The van der Waals surface area contributed by atoms with Gasteiger partial charge in [0.1, 0.15) is 23.2 Å². The molecule has 0 radical (unpaired) electrons. The lowest BCUT2D eigenvalue weighted by Crippen LogP contribution is -2.63. The third kappa shape index (κ3) is 4.74. The minimum Gasteiger partial charge on any atom is -0.390 e. The van der Waals surface area contributed by atoms with Gasteiger partial charge >= 0.3 is 6.18 Å². The van der Waals surface area contributed by atoms with Gasteiger partial charge in [0.05, 0.1) is 42.2 Å². The smallest absolute Gasteiger partial charge is 0.390 e. The number of rotatable bonds is 7. The second-order valence-corrected chi connectivity index (χ2v) is 8.94. The van der Waals surface area contributed by atoms with E-state index in [4.69, 9.17) is 0 Å². The standard InChI is InChI=1S/C23H22F5N7O2/c1-12-15(7-30-32-12)16-8-35(33-19(16)9-36)22(3-4-29)10-34(11-22)20-6-17(24)14(5-18(20)25)21(37)31-13(2)23(26,27)28/h5-8,13,36H,3,9-11H2,1-2H3,(H,30,32)(H,31,37). The molecule has 4 rings (SSSR count). The molecular weight excluding hydrogens is 501 g/mol. The van der Waals surface area contributed by atoms with E-state index in [0.717, 1.165) is 11.8 Å². The Balaban J connectivity index is 1.59. The van der Waals surface area contributed by atoms with Gasteiger partial charge in [-0.1, -0.05) is 0 Å². The van der Waals surface area contributed by atoms with Gasteiger partial charge in [-0.2, -0.15) is 28.6 Å². The van der Waals surface area contributed by atoms with Crippen LogP contribution < -0.4 is 10.2 Å². The minimum absolute atomic E-state index is 0.0280. The molecule has 1 saturated heterocycles. The number of alkyl halides is 3. The van der Waals surface area contributed by atoms with Crippen molar-refractivity contribution in [2.75, 3.05) is 18.0 Å². The summed E-state index contributed by atoms with van der Waals surface area (Å²) in [4.78, 5) is 13.5. The van der Waals surface area contributed by atoms with Gasteiger partial charge in [-0.3, -0.25) is 14.6 Å². The Kier molecular flexibility index (Phi) is 6.68. The summed E-state index contributed by atoms with van der Waals surface area (Å²) < 4.78 is 69.2. The maximum atomic E-state index is 14.9. The predicted octanol–water partition coefficient (Wildman–Crippen LogP) is 3.16. The number of hydrogen-bond donors (Lipinski definition) is 3. The second kappa shape index (κ2) is 9.47. The molecule has 1 amide bonds. The predicted molar refractivity (Wildman–Crippen MR) is 120 cm³/mol. The number of hydrogen-bond acceptors (Lipinski definition) is 6. The van der Waals surface area contributed by atoms with E-state index < -0.39 is 40.9 Å². The van der Waals surface area contributed by atoms with Crippen LogP contribution in [0.15, 0.2) is 24.5 Å². The van der Waals surface area contributed by atoms with E-state index in [-0.39, 0.29) is 31.8 Å². The zero-order chi connectivity index (χ0) is 27.1. The Morgan fingerprint density at radius 1 is 1.30 bits per heavy atom. The third-order valence-corrected chi connectivity index (χ3v) is 6.39. The molecule has 9 nitrogen and oxygen atoms in total. The summed E-state index contributed by atoms with van der Waals surface area (Å²) in [6.45, 7) is 2.19. The average molecular weight is 523 g/mol. The quantitative estimate of drug-likeness (QED) is 0.409. The molecule has 1 fully saturated rings. The first-order chi connectivity index (χ1) is 17.4. The number of nitrogens with zero attached hydrogens (tertiary/aromatic N) is 5. The Morgan fingerprint density at radius 3 is 2.57 bits per heavy atom. The molecule has 1 aliphatic rings. The monoisotopic (exact) mass is 523 g/mol. The van der Waals surface area contributed by atoms with Crippen LogP contribution in [0.3, 0.4) is 0 Å². The fraction of sp³-hybridized carbons (Fsp3) is 0.391. The zero-order valence-electron chi connectivity index (χ0n) is 19.7. The maximum Gasteiger partial charge on any atom is 0.408 e. The topological polar surface area (TPSA) is 123 Å². The molecule has 37 heavy (non-hydrogen) atoms. The SMILES string of the molecule is Cc1[nH]ncc1-c1cn(C2(CC#N)CN(c3cc(F)c(C(=O)NC(C)C(F)(F)F)cc3F)C2)nc1CO. The van der Waals surface area contributed by atoms with Gasteiger partial charge in [-0.05, 0) is 19.9 Å². The van der Waals surface area contributed by atoms with Crippen LogP contribution in [-0.4, -0.2) is 56.3 Å². The molecule has 0 saturated carbocycles. The minimum atomic E-state index is -4.75. The molecule has 0 bridgehead atoms. The first-order valence-electron chi connectivity index (χ1n) is 11.1. The van der Waals surface area contributed by atoms with Crippen molar-refractivity contribution in [3.63, 3.8) is 0 Å². The molecule has 1 atom stereocenters. The molecule has 1 aliphatic heterocycles. The summed E-state index contributed by atoms with van der Waals surface area (Å²) in [5.41, 5.74) is 0.403. The lowest BCUT2D eigenvalue weighted by molar-refractivity contribution is -0.149. The summed E-state index contributed by atoms with van der Waals surface area (Å²) in [6.07, 6.45) is -1.54. The first-order valence-corrected chi connectivity index (χ1v) is 11.1. The Bertz CT molecular complexity index is 1370. The molecule has 2 aromatic heterocycles. The van der Waals surface area contributed by atoms with Gasteiger partial charge in [-0.25, -0.2) is 8.78 Å². The van der Waals surface area contributed by atoms with Crippen LogP contribution >= 0.6 is 0 Å². The molecule has 0 aliphatic carbocycles. The van der Waals surface area contributed by atoms with E-state index in [0.29, 0.717) is 29.8 Å². The van der Waals surface area contributed by atoms with Crippen LogP contribution in [0, 0.1) is 29.9 Å². The highest BCUT2D eigenvalue weighted by Crippen LogP contribution is 2.39. The van der Waals surface area contributed by atoms with Gasteiger partial charge < -0.3 is 15.3 Å². The molecular formula is C23H22F5N7O2. The number of aliphatic hydroxyl groups is 1. The largest absolute Gasteiger partial charge is 0.408 e. The number of amides is 1. The Morgan fingerprint density at radius 2 is 2.00 bits per heavy atom. The highest BCUT2D eigenvalue weighted by Gasteiger charge is 2.47. The Labute approximate surface area is 207 Å². The highest BCUT2D eigenvalue weighted by atomic mass is 19.4. The number of nitriles is 1. The van der Waals surface area contributed by atoms with Crippen molar-refractivity contribution in [1.29, 1.82) is 5.26 Å². The molecule has 1 aromatic carbocycles. The van der Waals surface area contributed by atoms with E-state index in [1.165, 1.54) is 9.58 Å². The fourth-order valence-electron chi connectivity index (χ4n) is 4.24. The van der Waals surface area contributed by atoms with Gasteiger partial charge in [0.25, 0.3) is 5.91 Å². The van der Waals surface area contributed by atoms with E-state index in [1.54, 1.807) is 24.6 Å². The van der Waals surface area contributed by atoms with Gasteiger partial charge in [0.15, 0.2) is 0 Å². The number of aliphatic hydroxyl groups excluding tert-OH is 1. The number of nitrogens with one attached hydrogen (secondary N) is 2. The number of H-pyrrole nitrogens is 1. The molecule has 3 heterocycles. The molecule has 3 aromatic rings. The van der Waals surface area contributed by atoms with Crippen molar-refractivity contribution >= 4 is 11.6 Å². The number of aromatic nitrogens is 4. The average Bonchev–Trinajstić information content (AvgIpc) is 3.42. The van der Waals surface area contributed by atoms with Gasteiger partial charge in [-0.15, -0.1) is 0 Å². The second-order valence-electron chi connectivity index (χ2n) is 8.94. The van der Waals surface area contributed by atoms with Crippen molar-refractivity contribution < 1.29 is 31.9 Å². The Hall–Kier alpha value is -3.99. The number of carbonyl (C=O) groups is 1. The maximum absolute atomic E-state index is 14.9. The normalized spacial score (nSPS) is 15.7. The van der Waals surface area contributed by atoms with Gasteiger partial charge in [0.2, 0.25) is 0 Å². The zero-order valence-corrected chi connectivity index (χ0v) is 19.7. The van der Waals surface area contributed by atoms with Crippen molar-refractivity contribution in [2.24, 2.45) is 0 Å². The first kappa shape index (κ1) is 26.1. The van der Waals surface area contributed by atoms with Gasteiger partial charge in [0, 0.05) is 42.2 Å². The van der Waals surface area contributed by atoms with E-state index in [2.05, 4.69) is 21.4 Å². The number of carbonyl (C=O) groups excluding carboxylic acids is 1. The van der Waals surface area contributed by atoms with Crippen molar-refractivity contribution in [1.82, 2.24) is 25.3 Å². The lowest BCUT2D eigenvalue weighted by atomic mass is 9.86. The van der Waals surface area contributed by atoms with E-state index >= 15 is 0 Å². The fourth-order valence-corrected chi connectivity index (χ4v) is 4.24. The van der Waals surface area contributed by atoms with Crippen LogP contribution in [0.4, 0.5) is 27.6 Å². The van der Waals surface area contributed by atoms with Crippen LogP contribution in [0.2, 0.25) is 0 Å². The van der Waals surface area contributed by atoms with Crippen molar-refractivity contribution in [3.8, 4) is 17.2 Å². The summed E-state index contributed by atoms with van der Waals surface area (Å²) in [6, 6.07) is 1.10. The summed E-state index contributed by atoms with van der Waals surface area (Å²) in [5.74, 6) is -3.60. The molecule has 3 N–H and O–H groups in total. The molecule has 196 valence electrons. The van der Waals surface area contributed by atoms with Crippen LogP contribution in [0.1, 0.15) is 35.1 Å². The number of aromatic amines is 1. The number of benzene rings is 1. The van der Waals surface area contributed by atoms with Crippen molar-refractivity contribution in [3.05, 3.63) is 53.1 Å². The molecule has 1 unspecified atom stereocenters. The van der Waals surface area contributed by atoms with Crippen molar-refractivity contribution in [2.45, 2.75) is 44.6 Å². The third-order valence-electron chi connectivity index (χ3n) is 6.39.